The van der Waals surface area contributed by atoms with E-state index in [1.54, 1.807) is 0 Å². The minimum absolute atomic E-state index is 0.165. The molecule has 1 heterocycles. The third-order valence-corrected chi connectivity index (χ3v) is 5.26. The van der Waals surface area contributed by atoms with Crippen molar-refractivity contribution in [1.82, 2.24) is 0 Å². The summed E-state index contributed by atoms with van der Waals surface area (Å²) in [4.78, 5) is 0. The molecule has 0 nitrogen and oxygen atoms in total. The van der Waals surface area contributed by atoms with E-state index in [9.17, 15) is 0 Å². The van der Waals surface area contributed by atoms with E-state index >= 15 is 0 Å². The first-order valence-corrected chi connectivity index (χ1v) is 8.46. The lowest BCUT2D eigenvalue weighted by atomic mass is 9.80. The highest BCUT2D eigenvalue weighted by Gasteiger charge is 2.24. The lowest BCUT2D eigenvalue weighted by Gasteiger charge is -2.24. The van der Waals surface area contributed by atoms with Gasteiger partial charge in [-0.25, -0.2) is 0 Å². The van der Waals surface area contributed by atoms with E-state index in [4.69, 9.17) is 0 Å². The van der Waals surface area contributed by atoms with Gasteiger partial charge in [-0.1, -0.05) is 65.8 Å². The van der Waals surface area contributed by atoms with Crippen LogP contribution < -0.4 is 0 Å². The molecular weight excluding hydrogens is 272 g/mol. The van der Waals surface area contributed by atoms with Crippen molar-refractivity contribution in [2.75, 3.05) is 0 Å². The molecule has 0 atom stereocenters. The van der Waals surface area contributed by atoms with Gasteiger partial charge in [-0.2, -0.15) is 0 Å². The molecule has 0 bridgehead atoms. The van der Waals surface area contributed by atoms with Crippen LogP contribution in [0.4, 0.5) is 0 Å². The Morgan fingerprint density at radius 1 is 0.619 bits per heavy atom. The van der Waals surface area contributed by atoms with Gasteiger partial charge >= 0.3 is 0 Å². The molecule has 0 aliphatic heterocycles. The molecule has 21 heavy (non-hydrogen) atoms. The first-order chi connectivity index (χ1) is 9.69. The van der Waals surface area contributed by atoms with Gasteiger partial charge in [0, 0.05) is 20.2 Å². The molecule has 0 radical (unpaired) electrons. The molecule has 0 aliphatic carbocycles. The number of hydrogen-bond acceptors (Lipinski definition) is 1. The number of rotatable bonds is 0. The summed E-state index contributed by atoms with van der Waals surface area (Å²) < 4.78 is 2.82. The fourth-order valence-corrected chi connectivity index (χ4v) is 4.27. The number of benzene rings is 2. The van der Waals surface area contributed by atoms with E-state index < -0.39 is 0 Å². The third-order valence-electron chi connectivity index (χ3n) is 4.14. The smallest absolute Gasteiger partial charge is 0.0358 e. The maximum Gasteiger partial charge on any atom is 0.0358 e. The van der Waals surface area contributed by atoms with Gasteiger partial charge in [0.1, 0.15) is 0 Å². The van der Waals surface area contributed by atoms with E-state index in [-0.39, 0.29) is 10.8 Å². The van der Waals surface area contributed by atoms with Crippen molar-refractivity contribution in [2.45, 2.75) is 52.4 Å². The second-order valence-electron chi connectivity index (χ2n) is 7.96. The monoisotopic (exact) mass is 296 g/mol. The Balaban J connectivity index is 2.55. The van der Waals surface area contributed by atoms with Crippen LogP contribution in [0.25, 0.3) is 20.2 Å². The maximum absolute atomic E-state index is 2.31. The lowest BCUT2D eigenvalue weighted by Crippen LogP contribution is -2.13. The zero-order valence-electron chi connectivity index (χ0n) is 13.9. The van der Waals surface area contributed by atoms with Crippen molar-refractivity contribution in [3.05, 3.63) is 47.5 Å². The van der Waals surface area contributed by atoms with Crippen LogP contribution in [0.2, 0.25) is 0 Å². The van der Waals surface area contributed by atoms with Gasteiger partial charge in [0.15, 0.2) is 0 Å². The molecule has 0 aliphatic rings. The van der Waals surface area contributed by atoms with Crippen LogP contribution in [0.5, 0.6) is 0 Å². The molecule has 0 amide bonds. The van der Waals surface area contributed by atoms with Gasteiger partial charge in [0.2, 0.25) is 0 Å². The van der Waals surface area contributed by atoms with Gasteiger partial charge in [-0.05, 0) is 34.1 Å². The summed E-state index contributed by atoms with van der Waals surface area (Å²) in [7, 11) is 0. The second kappa shape index (κ2) is 4.58. The Hall–Kier alpha value is -1.34. The van der Waals surface area contributed by atoms with Crippen molar-refractivity contribution in [2.24, 2.45) is 0 Å². The summed E-state index contributed by atoms with van der Waals surface area (Å²) in [5, 5.41) is 2.94. The Bertz CT molecular complexity index is 739. The molecule has 0 saturated heterocycles. The molecule has 1 aromatic heterocycles. The van der Waals surface area contributed by atoms with Crippen LogP contribution in [0.1, 0.15) is 52.7 Å². The van der Waals surface area contributed by atoms with E-state index in [1.165, 1.54) is 31.3 Å². The van der Waals surface area contributed by atoms with E-state index in [1.807, 2.05) is 11.3 Å². The van der Waals surface area contributed by atoms with Gasteiger partial charge < -0.3 is 0 Å². The molecule has 2 aromatic carbocycles. The number of hydrogen-bond donors (Lipinski definition) is 0. The average Bonchev–Trinajstić information content (AvgIpc) is 2.74. The topological polar surface area (TPSA) is 0 Å². The van der Waals surface area contributed by atoms with Crippen LogP contribution >= 0.6 is 11.3 Å². The van der Waals surface area contributed by atoms with E-state index in [0.717, 1.165) is 0 Å². The van der Waals surface area contributed by atoms with Crippen LogP contribution in [0.3, 0.4) is 0 Å². The van der Waals surface area contributed by atoms with Crippen molar-refractivity contribution in [3.8, 4) is 0 Å². The van der Waals surface area contributed by atoms with E-state index in [0.29, 0.717) is 0 Å². The van der Waals surface area contributed by atoms with Crippen LogP contribution in [0, 0.1) is 0 Å². The Morgan fingerprint density at radius 3 is 1.33 bits per heavy atom. The fraction of sp³-hybridized carbons (Fsp3) is 0.400. The summed E-state index contributed by atoms with van der Waals surface area (Å²) in [6, 6.07) is 13.5. The molecule has 0 spiro atoms. The summed E-state index contributed by atoms with van der Waals surface area (Å²) in [6.07, 6.45) is 0. The average molecular weight is 296 g/mol. The quantitative estimate of drug-likeness (QED) is 0.435. The van der Waals surface area contributed by atoms with Gasteiger partial charge in [0.25, 0.3) is 0 Å². The highest BCUT2D eigenvalue weighted by Crippen LogP contribution is 2.43. The normalized spacial score (nSPS) is 13.2. The predicted molar refractivity (Wildman–Crippen MR) is 96.7 cm³/mol. The van der Waals surface area contributed by atoms with Gasteiger partial charge in [-0.3, -0.25) is 0 Å². The molecule has 0 N–H and O–H groups in total. The molecule has 3 aromatic rings. The van der Waals surface area contributed by atoms with Crippen LogP contribution in [-0.4, -0.2) is 0 Å². The minimum atomic E-state index is 0.165. The van der Waals surface area contributed by atoms with Crippen LogP contribution in [0.15, 0.2) is 36.4 Å². The van der Waals surface area contributed by atoms with Crippen molar-refractivity contribution >= 4 is 31.5 Å². The zero-order chi connectivity index (χ0) is 15.4. The largest absolute Gasteiger partial charge is 0.135 e. The van der Waals surface area contributed by atoms with Gasteiger partial charge in [0.05, 0.1) is 0 Å². The molecule has 0 unspecified atom stereocenters. The van der Waals surface area contributed by atoms with Crippen molar-refractivity contribution < 1.29 is 0 Å². The predicted octanol–water partition coefficient (Wildman–Crippen LogP) is 6.65. The standard InChI is InChI=1S/C20H24S/c1-19(2,3)13-9-7-11-15-17(13)18-14(20(4,5)6)10-8-12-16(18)21-15/h7-12H,1-6H3. The Labute approximate surface area is 131 Å². The molecule has 1 heteroatoms. The number of thiophene rings is 1. The van der Waals surface area contributed by atoms with Crippen LogP contribution in [-0.2, 0) is 10.8 Å². The molecule has 3 rings (SSSR count). The highest BCUT2D eigenvalue weighted by molar-refractivity contribution is 7.25. The number of fused-ring (bicyclic) bond motifs is 3. The second-order valence-corrected chi connectivity index (χ2v) is 9.04. The first-order valence-electron chi connectivity index (χ1n) is 7.65. The fourth-order valence-electron chi connectivity index (χ4n) is 3.12. The Kier molecular flexibility index (Phi) is 3.18. The van der Waals surface area contributed by atoms with E-state index in [2.05, 4.69) is 77.9 Å². The summed E-state index contributed by atoms with van der Waals surface area (Å²) >= 11 is 1.92. The summed E-state index contributed by atoms with van der Waals surface area (Å²) in [5.74, 6) is 0. The zero-order valence-corrected chi connectivity index (χ0v) is 14.7. The summed E-state index contributed by atoms with van der Waals surface area (Å²) in [6.45, 7) is 13.9. The molecule has 0 saturated carbocycles. The maximum atomic E-state index is 2.31. The van der Waals surface area contributed by atoms with Crippen molar-refractivity contribution in [1.29, 1.82) is 0 Å². The minimum Gasteiger partial charge on any atom is -0.135 e. The van der Waals surface area contributed by atoms with Crippen molar-refractivity contribution in [3.63, 3.8) is 0 Å². The highest BCUT2D eigenvalue weighted by atomic mass is 32.1. The third kappa shape index (κ3) is 2.38. The van der Waals surface area contributed by atoms with Gasteiger partial charge in [-0.15, -0.1) is 11.3 Å². The lowest BCUT2D eigenvalue weighted by molar-refractivity contribution is 0.592. The summed E-state index contributed by atoms with van der Waals surface area (Å²) in [5.41, 5.74) is 3.25. The molecule has 110 valence electrons. The molecular formula is C20H24S. The Morgan fingerprint density at radius 2 is 1.00 bits per heavy atom. The first kappa shape index (κ1) is 14.6. The SMILES string of the molecule is CC(C)(C)c1cccc2sc3cccc(C(C)(C)C)c3c12. The molecule has 0 fully saturated rings.